The van der Waals surface area contributed by atoms with E-state index in [1.54, 1.807) is 0 Å². The van der Waals surface area contributed by atoms with Crippen molar-refractivity contribution in [3.05, 3.63) is 27.7 Å². The fourth-order valence-corrected chi connectivity index (χ4v) is 4.40. The van der Waals surface area contributed by atoms with Crippen LogP contribution < -0.4 is 4.74 Å². The lowest BCUT2D eigenvalue weighted by Gasteiger charge is -2.23. The van der Waals surface area contributed by atoms with Crippen LogP contribution in [0.1, 0.15) is 42.7 Å². The zero-order chi connectivity index (χ0) is 12.7. The summed E-state index contributed by atoms with van der Waals surface area (Å²) in [5.74, 6) is 2.37. The molecule has 3 heteroatoms. The van der Waals surface area contributed by atoms with Gasteiger partial charge in [0.15, 0.2) is 0 Å². The molecule has 0 N–H and O–H groups in total. The molecule has 2 aliphatic rings. The first-order valence-electron chi connectivity index (χ1n) is 6.76. The van der Waals surface area contributed by atoms with E-state index in [1.807, 2.05) is 0 Å². The highest BCUT2D eigenvalue weighted by atomic mass is 79.9. The van der Waals surface area contributed by atoms with Crippen molar-refractivity contribution in [3.63, 3.8) is 0 Å². The molecular weight excluding hydrogens is 312 g/mol. The van der Waals surface area contributed by atoms with Crippen molar-refractivity contribution in [1.29, 1.82) is 0 Å². The molecule has 1 fully saturated rings. The molecule has 1 aromatic rings. The van der Waals surface area contributed by atoms with Crippen LogP contribution in [0, 0.1) is 11.8 Å². The van der Waals surface area contributed by atoms with Crippen molar-refractivity contribution in [2.75, 3.05) is 6.61 Å². The lowest BCUT2D eigenvalue weighted by atomic mass is 9.89. The Balaban J connectivity index is 1.96. The van der Waals surface area contributed by atoms with E-state index in [1.165, 1.54) is 30.4 Å². The van der Waals surface area contributed by atoms with Gasteiger partial charge in [0.1, 0.15) is 5.75 Å². The van der Waals surface area contributed by atoms with Crippen LogP contribution in [0.15, 0.2) is 16.6 Å². The SMILES string of the molecule is CC1CCCC1C(Cl)c1cc(Br)cc2c1OCC2. The maximum atomic E-state index is 6.76. The smallest absolute Gasteiger partial charge is 0.127 e. The van der Waals surface area contributed by atoms with Gasteiger partial charge >= 0.3 is 0 Å². The first-order valence-corrected chi connectivity index (χ1v) is 7.99. The highest BCUT2D eigenvalue weighted by Gasteiger charge is 2.33. The van der Waals surface area contributed by atoms with Crippen molar-refractivity contribution in [3.8, 4) is 5.75 Å². The van der Waals surface area contributed by atoms with Crippen LogP contribution in [0.2, 0.25) is 0 Å². The number of benzene rings is 1. The zero-order valence-corrected chi connectivity index (χ0v) is 12.9. The van der Waals surface area contributed by atoms with Gasteiger partial charge in [0.2, 0.25) is 0 Å². The predicted octanol–water partition coefficient (Wildman–Crippen LogP) is 5.10. The van der Waals surface area contributed by atoms with E-state index in [4.69, 9.17) is 16.3 Å². The third-order valence-corrected chi connectivity index (χ3v) is 5.39. The summed E-state index contributed by atoms with van der Waals surface area (Å²) >= 11 is 10.4. The summed E-state index contributed by atoms with van der Waals surface area (Å²) < 4.78 is 6.92. The average Bonchev–Trinajstić information content (AvgIpc) is 2.95. The van der Waals surface area contributed by atoms with Gasteiger partial charge < -0.3 is 4.74 Å². The number of alkyl halides is 1. The second kappa shape index (κ2) is 5.05. The second-order valence-electron chi connectivity index (χ2n) is 5.56. The largest absolute Gasteiger partial charge is 0.493 e. The fraction of sp³-hybridized carbons (Fsp3) is 0.600. The topological polar surface area (TPSA) is 9.23 Å². The minimum atomic E-state index is 0.0897. The normalized spacial score (nSPS) is 27.9. The molecule has 98 valence electrons. The number of fused-ring (bicyclic) bond motifs is 1. The molecule has 0 bridgehead atoms. The minimum Gasteiger partial charge on any atom is -0.493 e. The molecule has 3 rings (SSSR count). The van der Waals surface area contributed by atoms with Gasteiger partial charge in [0.05, 0.1) is 12.0 Å². The molecule has 1 aliphatic carbocycles. The van der Waals surface area contributed by atoms with E-state index in [-0.39, 0.29) is 5.38 Å². The number of halogens is 2. The summed E-state index contributed by atoms with van der Waals surface area (Å²) in [7, 11) is 0. The van der Waals surface area contributed by atoms with E-state index >= 15 is 0 Å². The Bertz CT molecular complexity index is 460. The van der Waals surface area contributed by atoms with Gasteiger partial charge in [-0.15, -0.1) is 11.6 Å². The molecule has 1 aromatic carbocycles. The molecule has 1 aliphatic heterocycles. The lowest BCUT2D eigenvalue weighted by molar-refractivity contribution is 0.344. The average molecular weight is 330 g/mol. The lowest BCUT2D eigenvalue weighted by Crippen LogP contribution is -2.11. The van der Waals surface area contributed by atoms with E-state index in [9.17, 15) is 0 Å². The van der Waals surface area contributed by atoms with Gasteiger partial charge in [0.25, 0.3) is 0 Å². The van der Waals surface area contributed by atoms with Crippen LogP contribution in [0.5, 0.6) is 5.75 Å². The standard InChI is InChI=1S/C15H18BrClO/c1-9-3-2-4-12(9)14(17)13-8-11(16)7-10-5-6-18-15(10)13/h7-9,12,14H,2-6H2,1H3. The van der Waals surface area contributed by atoms with Crippen LogP contribution in [-0.4, -0.2) is 6.61 Å². The minimum absolute atomic E-state index is 0.0897. The summed E-state index contributed by atoms with van der Waals surface area (Å²) in [6, 6.07) is 4.31. The Morgan fingerprint density at radius 1 is 1.39 bits per heavy atom. The number of hydrogen-bond acceptors (Lipinski definition) is 1. The van der Waals surface area contributed by atoms with Crippen molar-refractivity contribution in [2.24, 2.45) is 11.8 Å². The van der Waals surface area contributed by atoms with Gasteiger partial charge in [-0.05, 0) is 36.0 Å². The van der Waals surface area contributed by atoms with Gasteiger partial charge in [-0.3, -0.25) is 0 Å². The van der Waals surface area contributed by atoms with Gasteiger partial charge in [-0.1, -0.05) is 35.7 Å². The van der Waals surface area contributed by atoms with E-state index in [0.29, 0.717) is 5.92 Å². The third-order valence-electron chi connectivity index (χ3n) is 4.38. The maximum absolute atomic E-state index is 6.76. The van der Waals surface area contributed by atoms with Crippen LogP contribution in [0.4, 0.5) is 0 Å². The molecule has 3 unspecified atom stereocenters. The Hall–Kier alpha value is -0.210. The molecule has 18 heavy (non-hydrogen) atoms. The molecule has 3 atom stereocenters. The maximum Gasteiger partial charge on any atom is 0.127 e. The highest BCUT2D eigenvalue weighted by Crippen LogP contribution is 2.48. The number of rotatable bonds is 2. The zero-order valence-electron chi connectivity index (χ0n) is 10.6. The van der Waals surface area contributed by atoms with E-state index in [2.05, 4.69) is 35.0 Å². The monoisotopic (exact) mass is 328 g/mol. The van der Waals surface area contributed by atoms with Gasteiger partial charge in [-0.25, -0.2) is 0 Å². The van der Waals surface area contributed by atoms with E-state index < -0.39 is 0 Å². The van der Waals surface area contributed by atoms with Gasteiger partial charge in [-0.2, -0.15) is 0 Å². The molecule has 1 heterocycles. The van der Waals surface area contributed by atoms with Crippen molar-refractivity contribution in [2.45, 2.75) is 38.0 Å². The number of ether oxygens (including phenoxy) is 1. The van der Waals surface area contributed by atoms with E-state index in [0.717, 1.165) is 29.2 Å². The van der Waals surface area contributed by atoms with Crippen LogP contribution >= 0.6 is 27.5 Å². The molecule has 1 nitrogen and oxygen atoms in total. The molecule has 0 aromatic heterocycles. The molecule has 1 saturated carbocycles. The first-order chi connectivity index (χ1) is 8.66. The summed E-state index contributed by atoms with van der Waals surface area (Å²) in [6.45, 7) is 3.12. The van der Waals surface area contributed by atoms with Crippen molar-refractivity contribution in [1.82, 2.24) is 0 Å². The number of hydrogen-bond donors (Lipinski definition) is 0. The predicted molar refractivity (Wildman–Crippen MR) is 78.4 cm³/mol. The summed E-state index contributed by atoms with van der Waals surface area (Å²) in [6.07, 6.45) is 4.87. The molecule has 0 radical (unpaired) electrons. The van der Waals surface area contributed by atoms with Gasteiger partial charge in [0, 0.05) is 16.5 Å². The summed E-state index contributed by atoms with van der Waals surface area (Å²) in [4.78, 5) is 0. The molecular formula is C15H18BrClO. The third kappa shape index (κ3) is 2.18. The summed E-state index contributed by atoms with van der Waals surface area (Å²) in [5.41, 5.74) is 2.49. The molecule has 0 spiro atoms. The van der Waals surface area contributed by atoms with Crippen LogP contribution in [-0.2, 0) is 6.42 Å². The Labute approximate surface area is 122 Å². The Kier molecular flexibility index (Phi) is 3.59. The molecule has 0 amide bonds. The van der Waals surface area contributed by atoms with Crippen LogP contribution in [0.25, 0.3) is 0 Å². The quantitative estimate of drug-likeness (QED) is 0.686. The fourth-order valence-electron chi connectivity index (χ4n) is 3.34. The van der Waals surface area contributed by atoms with Crippen LogP contribution in [0.3, 0.4) is 0 Å². The Morgan fingerprint density at radius 3 is 2.94 bits per heavy atom. The molecule has 0 saturated heterocycles. The van der Waals surface area contributed by atoms with Crippen molar-refractivity contribution >= 4 is 27.5 Å². The van der Waals surface area contributed by atoms with Crippen molar-refractivity contribution < 1.29 is 4.74 Å². The second-order valence-corrected chi connectivity index (χ2v) is 6.94. The summed E-state index contributed by atoms with van der Waals surface area (Å²) in [5, 5.41) is 0.0897. The Morgan fingerprint density at radius 2 is 2.22 bits per heavy atom. The highest BCUT2D eigenvalue weighted by molar-refractivity contribution is 9.10. The first kappa shape index (κ1) is 12.8.